The molecule has 1 aromatic carbocycles. The van der Waals surface area contributed by atoms with Gasteiger partial charge in [-0.2, -0.15) is 0 Å². The monoisotopic (exact) mass is 236 g/mol. The summed E-state index contributed by atoms with van der Waals surface area (Å²) >= 11 is 1.85. The maximum Gasteiger partial charge on any atom is 0.0662 e. The molecule has 0 heterocycles. The van der Waals surface area contributed by atoms with E-state index in [1.54, 1.807) is 0 Å². The Kier molecular flexibility index (Phi) is 4.73. The smallest absolute Gasteiger partial charge is 0.0662 e. The summed E-state index contributed by atoms with van der Waals surface area (Å²) in [5.74, 6) is 0. The van der Waals surface area contributed by atoms with Crippen LogP contribution in [0.4, 0.5) is 0 Å². The van der Waals surface area contributed by atoms with Crippen LogP contribution in [0.2, 0.25) is 0 Å². The molecule has 88 valence electrons. The number of hydrogen-bond donors (Lipinski definition) is 1. The molecule has 0 aliphatic heterocycles. The molecule has 1 N–H and O–H groups in total. The number of thioether (sulfide) groups is 1. The average Bonchev–Trinajstić information content (AvgIpc) is 2.30. The molecule has 2 rings (SSSR count). The molecule has 0 amide bonds. The minimum absolute atomic E-state index is 0.120. The largest absolute Gasteiger partial charge is 0.392 e. The average molecular weight is 236 g/mol. The highest BCUT2D eigenvalue weighted by Crippen LogP contribution is 2.32. The van der Waals surface area contributed by atoms with Crippen molar-refractivity contribution < 1.29 is 5.11 Å². The Labute approximate surface area is 102 Å². The third-order valence-electron chi connectivity index (χ3n) is 3.20. The zero-order valence-corrected chi connectivity index (χ0v) is 10.5. The molecular formula is C14H20OS. The summed E-state index contributed by atoms with van der Waals surface area (Å²) in [4.78, 5) is 1.28. The van der Waals surface area contributed by atoms with E-state index in [1.165, 1.54) is 30.6 Å². The normalized spacial score (nSPS) is 27.1. The predicted octanol–water partition coefficient (Wildman–Crippen LogP) is 3.86. The van der Waals surface area contributed by atoms with Gasteiger partial charge in [0.25, 0.3) is 0 Å². The van der Waals surface area contributed by atoms with Crippen LogP contribution in [-0.4, -0.2) is 16.5 Å². The van der Waals surface area contributed by atoms with Crippen molar-refractivity contribution in [1.29, 1.82) is 0 Å². The fraction of sp³-hybridized carbons (Fsp3) is 0.571. The first-order chi connectivity index (χ1) is 7.86. The topological polar surface area (TPSA) is 20.2 Å². The van der Waals surface area contributed by atoms with Crippen molar-refractivity contribution in [3.8, 4) is 0 Å². The standard InChI is InChI=1S/C14H20OS/c15-13-10-6-1-2-7-11-14(13)16-12-8-4-3-5-9-12/h3-5,8-9,13-15H,1-2,6-7,10-11H2/t13-,14-/m0/s1. The van der Waals surface area contributed by atoms with Gasteiger partial charge in [-0.3, -0.25) is 0 Å². The van der Waals surface area contributed by atoms with E-state index < -0.39 is 0 Å². The van der Waals surface area contributed by atoms with Crippen molar-refractivity contribution in [1.82, 2.24) is 0 Å². The van der Waals surface area contributed by atoms with E-state index in [0.717, 1.165) is 12.8 Å². The third-order valence-corrected chi connectivity index (χ3v) is 4.60. The molecule has 2 heteroatoms. The Balaban J connectivity index is 1.95. The van der Waals surface area contributed by atoms with Crippen molar-refractivity contribution >= 4 is 11.8 Å². The van der Waals surface area contributed by atoms with E-state index in [0.29, 0.717) is 5.25 Å². The molecule has 0 bridgehead atoms. The molecule has 0 aromatic heterocycles. The summed E-state index contributed by atoms with van der Waals surface area (Å²) in [6.07, 6.45) is 7.09. The molecule has 16 heavy (non-hydrogen) atoms. The van der Waals surface area contributed by atoms with Gasteiger partial charge in [0.2, 0.25) is 0 Å². The lowest BCUT2D eigenvalue weighted by molar-refractivity contribution is 0.148. The van der Waals surface area contributed by atoms with Crippen LogP contribution in [0.25, 0.3) is 0 Å². The molecule has 0 spiro atoms. The van der Waals surface area contributed by atoms with Crippen LogP contribution >= 0.6 is 11.8 Å². The Bertz CT molecular complexity index is 299. The maximum absolute atomic E-state index is 10.1. The second-order valence-electron chi connectivity index (χ2n) is 4.53. The molecule has 1 fully saturated rings. The Morgan fingerprint density at radius 2 is 1.62 bits per heavy atom. The van der Waals surface area contributed by atoms with Crippen LogP contribution in [0.1, 0.15) is 38.5 Å². The van der Waals surface area contributed by atoms with E-state index in [2.05, 4.69) is 24.3 Å². The minimum atomic E-state index is -0.120. The maximum atomic E-state index is 10.1. The SMILES string of the molecule is O[C@H]1CCCCCC[C@@H]1Sc1ccccc1. The van der Waals surface area contributed by atoms with Gasteiger partial charge in [-0.05, 0) is 25.0 Å². The second-order valence-corrected chi connectivity index (χ2v) is 5.84. The van der Waals surface area contributed by atoms with Crippen molar-refractivity contribution in [2.24, 2.45) is 0 Å². The Morgan fingerprint density at radius 3 is 2.38 bits per heavy atom. The number of benzene rings is 1. The zero-order chi connectivity index (χ0) is 11.2. The van der Waals surface area contributed by atoms with Gasteiger partial charge in [0.1, 0.15) is 0 Å². The molecule has 1 aliphatic carbocycles. The van der Waals surface area contributed by atoms with Gasteiger partial charge in [-0.1, -0.05) is 43.9 Å². The molecule has 1 nitrogen and oxygen atoms in total. The number of rotatable bonds is 2. The van der Waals surface area contributed by atoms with E-state index in [-0.39, 0.29) is 6.10 Å². The zero-order valence-electron chi connectivity index (χ0n) is 9.64. The quantitative estimate of drug-likeness (QED) is 0.841. The van der Waals surface area contributed by atoms with Gasteiger partial charge in [0.15, 0.2) is 0 Å². The molecule has 0 radical (unpaired) electrons. The molecule has 0 unspecified atom stereocenters. The Hall–Kier alpha value is -0.470. The van der Waals surface area contributed by atoms with Crippen LogP contribution in [0.3, 0.4) is 0 Å². The van der Waals surface area contributed by atoms with Gasteiger partial charge in [-0.15, -0.1) is 11.8 Å². The van der Waals surface area contributed by atoms with E-state index in [9.17, 15) is 5.11 Å². The van der Waals surface area contributed by atoms with E-state index >= 15 is 0 Å². The molecule has 1 aliphatic rings. The van der Waals surface area contributed by atoms with E-state index in [4.69, 9.17) is 0 Å². The van der Waals surface area contributed by atoms with Crippen molar-refractivity contribution in [3.05, 3.63) is 30.3 Å². The lowest BCUT2D eigenvalue weighted by Crippen LogP contribution is -2.24. The molecule has 2 atom stereocenters. The highest BCUT2D eigenvalue weighted by molar-refractivity contribution is 8.00. The van der Waals surface area contributed by atoms with Crippen molar-refractivity contribution in [2.75, 3.05) is 0 Å². The van der Waals surface area contributed by atoms with Crippen LogP contribution in [0, 0.1) is 0 Å². The van der Waals surface area contributed by atoms with Gasteiger partial charge >= 0.3 is 0 Å². The van der Waals surface area contributed by atoms with Crippen molar-refractivity contribution in [3.63, 3.8) is 0 Å². The molecule has 1 saturated carbocycles. The highest BCUT2D eigenvalue weighted by atomic mass is 32.2. The van der Waals surface area contributed by atoms with Gasteiger partial charge in [0.05, 0.1) is 6.10 Å². The Morgan fingerprint density at radius 1 is 0.938 bits per heavy atom. The summed E-state index contributed by atoms with van der Waals surface area (Å²) in [5, 5.41) is 10.5. The molecule has 1 aromatic rings. The summed E-state index contributed by atoms with van der Waals surface area (Å²) in [6, 6.07) is 10.4. The second kappa shape index (κ2) is 6.31. The molecular weight excluding hydrogens is 216 g/mol. The number of aliphatic hydroxyl groups is 1. The minimum Gasteiger partial charge on any atom is -0.392 e. The highest BCUT2D eigenvalue weighted by Gasteiger charge is 2.21. The van der Waals surface area contributed by atoms with Crippen LogP contribution in [-0.2, 0) is 0 Å². The van der Waals surface area contributed by atoms with Gasteiger partial charge < -0.3 is 5.11 Å². The third kappa shape index (κ3) is 3.53. The summed E-state index contributed by atoms with van der Waals surface area (Å²) in [7, 11) is 0. The first-order valence-corrected chi connectivity index (χ1v) is 7.14. The number of aliphatic hydroxyl groups excluding tert-OH is 1. The first-order valence-electron chi connectivity index (χ1n) is 6.26. The van der Waals surface area contributed by atoms with Gasteiger partial charge in [0, 0.05) is 10.1 Å². The van der Waals surface area contributed by atoms with Crippen LogP contribution in [0.5, 0.6) is 0 Å². The van der Waals surface area contributed by atoms with E-state index in [1.807, 2.05) is 17.8 Å². The lowest BCUT2D eigenvalue weighted by atomic mass is 9.98. The number of hydrogen-bond acceptors (Lipinski definition) is 2. The summed E-state index contributed by atoms with van der Waals surface area (Å²) in [5.41, 5.74) is 0. The summed E-state index contributed by atoms with van der Waals surface area (Å²) < 4.78 is 0. The van der Waals surface area contributed by atoms with Crippen LogP contribution in [0.15, 0.2) is 35.2 Å². The fourth-order valence-corrected chi connectivity index (χ4v) is 3.48. The first kappa shape index (κ1) is 12.0. The van der Waals surface area contributed by atoms with Gasteiger partial charge in [-0.25, -0.2) is 0 Å². The molecule has 0 saturated heterocycles. The predicted molar refractivity (Wildman–Crippen MR) is 69.8 cm³/mol. The summed E-state index contributed by atoms with van der Waals surface area (Å²) in [6.45, 7) is 0. The fourth-order valence-electron chi connectivity index (χ4n) is 2.24. The lowest BCUT2D eigenvalue weighted by Gasteiger charge is -2.24. The van der Waals surface area contributed by atoms with Crippen molar-refractivity contribution in [2.45, 2.75) is 54.8 Å². The van der Waals surface area contributed by atoms with Crippen LogP contribution < -0.4 is 0 Å².